The van der Waals surface area contributed by atoms with Crippen molar-refractivity contribution in [2.45, 2.75) is 40.2 Å². The van der Waals surface area contributed by atoms with Gasteiger partial charge in [0.2, 0.25) is 11.8 Å². The quantitative estimate of drug-likeness (QED) is 0.800. The monoisotopic (exact) mass is 319 g/mol. The number of hydrogen-bond donors (Lipinski definition) is 1. The summed E-state index contributed by atoms with van der Waals surface area (Å²) in [6.07, 6.45) is 0.973. The number of nitrogens with one attached hydrogen (secondary N) is 1. The molecule has 1 aromatic carbocycles. The van der Waals surface area contributed by atoms with Crippen LogP contribution in [-0.4, -0.2) is 54.3 Å². The van der Waals surface area contributed by atoms with Gasteiger partial charge in [-0.15, -0.1) is 0 Å². The Morgan fingerprint density at radius 1 is 1.09 bits per heavy atom. The van der Waals surface area contributed by atoms with E-state index >= 15 is 0 Å². The maximum atomic E-state index is 12.3. The number of carbonyl (C=O) groups is 2. The molecule has 0 bridgehead atoms. The van der Waals surface area contributed by atoms with Gasteiger partial charge in [0.05, 0.1) is 12.6 Å². The molecule has 5 nitrogen and oxygen atoms in total. The predicted molar refractivity (Wildman–Crippen MR) is 94.5 cm³/mol. The van der Waals surface area contributed by atoms with E-state index in [0.29, 0.717) is 13.1 Å². The zero-order valence-electron chi connectivity index (χ0n) is 14.9. The molecule has 2 amide bonds. The molecule has 1 rings (SSSR count). The lowest BCUT2D eigenvalue weighted by molar-refractivity contribution is -0.133. The van der Waals surface area contributed by atoms with E-state index in [9.17, 15) is 9.59 Å². The van der Waals surface area contributed by atoms with Crippen LogP contribution in [0.15, 0.2) is 24.3 Å². The Balaban J connectivity index is 2.58. The van der Waals surface area contributed by atoms with Crippen LogP contribution in [0.25, 0.3) is 0 Å². The molecule has 0 fully saturated rings. The van der Waals surface area contributed by atoms with Crippen LogP contribution in [0, 0.1) is 0 Å². The summed E-state index contributed by atoms with van der Waals surface area (Å²) in [6, 6.07) is 7.46. The molecule has 0 spiro atoms. The number of carbonyl (C=O) groups excluding carboxylic acids is 2. The Kier molecular flexibility index (Phi) is 7.75. The highest BCUT2D eigenvalue weighted by molar-refractivity contribution is 5.94. The molecular formula is C18H29N3O2. The van der Waals surface area contributed by atoms with Crippen LogP contribution in [0.1, 0.15) is 33.3 Å². The first-order chi connectivity index (χ1) is 10.9. The Labute approximate surface area is 139 Å². The van der Waals surface area contributed by atoms with E-state index in [1.165, 1.54) is 5.56 Å². The molecule has 0 saturated carbocycles. The molecule has 1 aromatic rings. The van der Waals surface area contributed by atoms with Gasteiger partial charge in [0.25, 0.3) is 0 Å². The van der Waals surface area contributed by atoms with E-state index in [4.69, 9.17) is 0 Å². The van der Waals surface area contributed by atoms with Crippen LogP contribution in [0.5, 0.6) is 0 Å². The molecule has 5 heteroatoms. The second-order valence-electron chi connectivity index (χ2n) is 5.70. The van der Waals surface area contributed by atoms with Crippen LogP contribution in [0.2, 0.25) is 0 Å². The molecule has 0 radical (unpaired) electrons. The summed E-state index contributed by atoms with van der Waals surface area (Å²) in [5.41, 5.74) is 2.01. The summed E-state index contributed by atoms with van der Waals surface area (Å²) < 4.78 is 0. The highest BCUT2D eigenvalue weighted by Crippen LogP contribution is 2.11. The molecule has 0 aromatic heterocycles. The molecule has 23 heavy (non-hydrogen) atoms. The number of hydrogen-bond acceptors (Lipinski definition) is 3. The van der Waals surface area contributed by atoms with Crippen molar-refractivity contribution < 1.29 is 9.59 Å². The smallest absolute Gasteiger partial charge is 0.241 e. The van der Waals surface area contributed by atoms with Gasteiger partial charge < -0.3 is 10.2 Å². The number of aryl methyl sites for hydroxylation is 1. The number of benzene rings is 1. The minimum absolute atomic E-state index is 0.0458. The van der Waals surface area contributed by atoms with Gasteiger partial charge in [-0.3, -0.25) is 14.5 Å². The van der Waals surface area contributed by atoms with Gasteiger partial charge in [-0.25, -0.2) is 0 Å². The summed E-state index contributed by atoms with van der Waals surface area (Å²) in [5.74, 6) is -0.0615. The minimum Gasteiger partial charge on any atom is -0.342 e. The van der Waals surface area contributed by atoms with Crippen molar-refractivity contribution in [2.24, 2.45) is 0 Å². The van der Waals surface area contributed by atoms with Gasteiger partial charge in [-0.1, -0.05) is 19.1 Å². The summed E-state index contributed by atoms with van der Waals surface area (Å²) in [5, 5.41) is 2.90. The summed E-state index contributed by atoms with van der Waals surface area (Å²) in [7, 11) is 1.80. The van der Waals surface area contributed by atoms with Crippen molar-refractivity contribution in [3.63, 3.8) is 0 Å². The lowest BCUT2D eigenvalue weighted by atomic mass is 10.1. The fraction of sp³-hybridized carbons (Fsp3) is 0.556. The number of nitrogens with zero attached hydrogens (tertiary/aromatic N) is 2. The maximum absolute atomic E-state index is 12.3. The number of anilines is 1. The van der Waals surface area contributed by atoms with E-state index in [2.05, 4.69) is 12.2 Å². The SMILES string of the molecule is CCc1ccc(NC(=O)C(C)N(C)CC(=O)N(CC)CC)cc1. The number of rotatable bonds is 8. The third kappa shape index (κ3) is 5.67. The molecule has 0 aliphatic heterocycles. The molecular weight excluding hydrogens is 290 g/mol. The first-order valence-corrected chi connectivity index (χ1v) is 8.30. The lowest BCUT2D eigenvalue weighted by Crippen LogP contribution is -2.46. The number of amides is 2. The molecule has 0 aliphatic carbocycles. The average molecular weight is 319 g/mol. The first-order valence-electron chi connectivity index (χ1n) is 8.30. The fourth-order valence-corrected chi connectivity index (χ4v) is 2.30. The molecule has 1 N–H and O–H groups in total. The zero-order chi connectivity index (χ0) is 17.4. The van der Waals surface area contributed by atoms with Crippen molar-refractivity contribution in [1.82, 2.24) is 9.80 Å². The van der Waals surface area contributed by atoms with Gasteiger partial charge in [0.15, 0.2) is 0 Å². The molecule has 1 unspecified atom stereocenters. The lowest BCUT2D eigenvalue weighted by Gasteiger charge is -2.26. The normalized spacial score (nSPS) is 12.1. The predicted octanol–water partition coefficient (Wildman–Crippen LogP) is 2.38. The molecule has 0 aliphatic rings. The second-order valence-corrected chi connectivity index (χ2v) is 5.70. The molecule has 128 valence electrons. The minimum atomic E-state index is -0.375. The third-order valence-electron chi connectivity index (χ3n) is 4.17. The first kappa shape index (κ1) is 19.2. The van der Waals surface area contributed by atoms with Crippen molar-refractivity contribution in [1.29, 1.82) is 0 Å². The third-order valence-corrected chi connectivity index (χ3v) is 4.17. The summed E-state index contributed by atoms with van der Waals surface area (Å²) >= 11 is 0. The maximum Gasteiger partial charge on any atom is 0.241 e. The topological polar surface area (TPSA) is 52.7 Å². The standard InChI is InChI=1S/C18H29N3O2/c1-6-15-9-11-16(12-10-15)19-18(23)14(4)20(5)13-17(22)21(7-2)8-3/h9-12,14H,6-8,13H2,1-5H3,(H,19,23). The van der Waals surface area contributed by atoms with Crippen LogP contribution >= 0.6 is 0 Å². The average Bonchev–Trinajstić information content (AvgIpc) is 2.55. The largest absolute Gasteiger partial charge is 0.342 e. The Morgan fingerprint density at radius 2 is 1.65 bits per heavy atom. The highest BCUT2D eigenvalue weighted by Gasteiger charge is 2.21. The van der Waals surface area contributed by atoms with Gasteiger partial charge in [0, 0.05) is 18.8 Å². The van der Waals surface area contributed by atoms with Crippen LogP contribution in [0.4, 0.5) is 5.69 Å². The van der Waals surface area contributed by atoms with Crippen LogP contribution in [-0.2, 0) is 16.0 Å². The van der Waals surface area contributed by atoms with Crippen molar-refractivity contribution >= 4 is 17.5 Å². The Bertz CT molecular complexity index is 510. The van der Waals surface area contributed by atoms with Crippen molar-refractivity contribution in [3.05, 3.63) is 29.8 Å². The van der Waals surface area contributed by atoms with E-state index < -0.39 is 0 Å². The fourth-order valence-electron chi connectivity index (χ4n) is 2.30. The van der Waals surface area contributed by atoms with Gasteiger partial charge >= 0.3 is 0 Å². The molecule has 1 atom stereocenters. The Hall–Kier alpha value is -1.88. The van der Waals surface area contributed by atoms with E-state index in [0.717, 1.165) is 12.1 Å². The van der Waals surface area contributed by atoms with Crippen LogP contribution in [0.3, 0.4) is 0 Å². The van der Waals surface area contributed by atoms with Gasteiger partial charge in [0.1, 0.15) is 0 Å². The van der Waals surface area contributed by atoms with Gasteiger partial charge in [-0.05, 0) is 51.9 Å². The second kappa shape index (κ2) is 9.30. The zero-order valence-corrected chi connectivity index (χ0v) is 14.9. The van der Waals surface area contributed by atoms with Crippen LogP contribution < -0.4 is 5.32 Å². The van der Waals surface area contributed by atoms with E-state index in [1.807, 2.05) is 45.0 Å². The molecule has 0 heterocycles. The van der Waals surface area contributed by atoms with E-state index in [1.54, 1.807) is 16.8 Å². The Morgan fingerprint density at radius 3 is 2.13 bits per heavy atom. The van der Waals surface area contributed by atoms with Crippen molar-refractivity contribution in [2.75, 3.05) is 32.0 Å². The molecule has 0 saturated heterocycles. The van der Waals surface area contributed by atoms with Gasteiger partial charge in [-0.2, -0.15) is 0 Å². The summed E-state index contributed by atoms with van der Waals surface area (Å²) in [6.45, 7) is 9.43. The van der Waals surface area contributed by atoms with Crippen molar-refractivity contribution in [3.8, 4) is 0 Å². The van der Waals surface area contributed by atoms with E-state index in [-0.39, 0.29) is 24.4 Å². The summed E-state index contributed by atoms with van der Waals surface area (Å²) in [4.78, 5) is 28.0. The number of likely N-dealkylation sites (N-methyl/N-ethyl adjacent to an activating group) is 2. The highest BCUT2D eigenvalue weighted by atomic mass is 16.2.